The molecule has 2 rings (SSSR count). The van der Waals surface area contributed by atoms with Crippen LogP contribution in [0.3, 0.4) is 0 Å². The fourth-order valence-electron chi connectivity index (χ4n) is 1.55. The first-order valence-corrected chi connectivity index (χ1v) is 4.45. The molecule has 0 atom stereocenters. The van der Waals surface area contributed by atoms with E-state index in [4.69, 9.17) is 5.26 Å². The van der Waals surface area contributed by atoms with Crippen LogP contribution in [0.5, 0.6) is 5.75 Å². The lowest BCUT2D eigenvalue weighted by Crippen LogP contribution is -1.87. The summed E-state index contributed by atoms with van der Waals surface area (Å²) in [6.45, 7) is 1.64. The van der Waals surface area contributed by atoms with Gasteiger partial charge in [-0.2, -0.15) is 5.26 Å². The Morgan fingerprint density at radius 2 is 2.00 bits per heavy atom. The summed E-state index contributed by atoms with van der Waals surface area (Å²) in [5.74, 6) is -0.456. The summed E-state index contributed by atoms with van der Waals surface area (Å²) in [5.41, 5.74) is 0.751. The van der Waals surface area contributed by atoms with Gasteiger partial charge in [-0.05, 0) is 24.6 Å². The van der Waals surface area contributed by atoms with Gasteiger partial charge in [0.2, 0.25) is 0 Å². The van der Waals surface area contributed by atoms with Crippen LogP contribution in [0.2, 0.25) is 0 Å². The van der Waals surface area contributed by atoms with Crippen LogP contribution in [-0.2, 0) is 0 Å². The van der Waals surface area contributed by atoms with Crippen molar-refractivity contribution in [2.75, 3.05) is 0 Å². The van der Waals surface area contributed by atoms with Crippen molar-refractivity contribution in [1.82, 2.24) is 0 Å². The molecule has 2 aromatic rings. The van der Waals surface area contributed by atoms with Crippen LogP contribution in [0.1, 0.15) is 11.1 Å². The van der Waals surface area contributed by atoms with E-state index in [2.05, 4.69) is 0 Å². The number of nitriles is 1. The standard InChI is InChI=1S/C12H8FNO/c1-7-2-3-9-10(12(7)13)4-8(6-14)5-11(9)15/h2-5,15H,1H3. The minimum Gasteiger partial charge on any atom is -0.507 e. The van der Waals surface area contributed by atoms with Crippen LogP contribution in [0.25, 0.3) is 10.8 Å². The minimum atomic E-state index is -0.389. The van der Waals surface area contributed by atoms with Crippen LogP contribution in [0, 0.1) is 24.1 Å². The Balaban J connectivity index is 2.94. The first kappa shape index (κ1) is 9.47. The Bertz CT molecular complexity index is 584. The van der Waals surface area contributed by atoms with Gasteiger partial charge in [0.05, 0.1) is 11.6 Å². The Hall–Kier alpha value is -2.08. The normalized spacial score (nSPS) is 10.2. The second-order valence-corrected chi connectivity index (χ2v) is 3.40. The van der Waals surface area contributed by atoms with Gasteiger partial charge in [0, 0.05) is 10.8 Å². The summed E-state index contributed by atoms with van der Waals surface area (Å²) in [7, 11) is 0. The van der Waals surface area contributed by atoms with Crippen molar-refractivity contribution < 1.29 is 9.50 Å². The lowest BCUT2D eigenvalue weighted by atomic mass is 10.0. The van der Waals surface area contributed by atoms with E-state index >= 15 is 0 Å². The van der Waals surface area contributed by atoms with Crippen molar-refractivity contribution in [1.29, 1.82) is 5.26 Å². The van der Waals surface area contributed by atoms with Crippen LogP contribution in [-0.4, -0.2) is 5.11 Å². The molecule has 0 amide bonds. The third-order valence-corrected chi connectivity index (χ3v) is 2.37. The molecule has 0 fully saturated rings. The van der Waals surface area contributed by atoms with Gasteiger partial charge in [0.15, 0.2) is 0 Å². The van der Waals surface area contributed by atoms with Crippen molar-refractivity contribution >= 4 is 10.8 Å². The quantitative estimate of drug-likeness (QED) is 0.712. The molecule has 0 saturated carbocycles. The molecule has 0 unspecified atom stereocenters. The van der Waals surface area contributed by atoms with E-state index in [1.807, 2.05) is 6.07 Å². The summed E-state index contributed by atoms with van der Waals surface area (Å²) >= 11 is 0. The minimum absolute atomic E-state index is 0.0667. The van der Waals surface area contributed by atoms with E-state index in [9.17, 15) is 9.50 Å². The molecule has 15 heavy (non-hydrogen) atoms. The van der Waals surface area contributed by atoms with E-state index in [0.717, 1.165) is 0 Å². The largest absolute Gasteiger partial charge is 0.507 e. The Kier molecular flexibility index (Phi) is 2.05. The number of hydrogen-bond donors (Lipinski definition) is 1. The third kappa shape index (κ3) is 1.40. The number of aryl methyl sites for hydroxylation is 1. The van der Waals surface area contributed by atoms with E-state index in [1.165, 1.54) is 12.1 Å². The van der Waals surface area contributed by atoms with Gasteiger partial charge in [-0.3, -0.25) is 0 Å². The monoisotopic (exact) mass is 201 g/mol. The van der Waals surface area contributed by atoms with Crippen LogP contribution >= 0.6 is 0 Å². The van der Waals surface area contributed by atoms with E-state index < -0.39 is 0 Å². The molecule has 0 aliphatic heterocycles. The van der Waals surface area contributed by atoms with Gasteiger partial charge in [-0.1, -0.05) is 12.1 Å². The number of benzene rings is 2. The highest BCUT2D eigenvalue weighted by Gasteiger charge is 2.08. The predicted molar refractivity (Wildman–Crippen MR) is 55.0 cm³/mol. The second kappa shape index (κ2) is 3.25. The first-order chi connectivity index (χ1) is 7.13. The van der Waals surface area contributed by atoms with Crippen LogP contribution in [0.15, 0.2) is 24.3 Å². The molecule has 0 saturated heterocycles. The van der Waals surface area contributed by atoms with Gasteiger partial charge in [-0.15, -0.1) is 0 Å². The highest BCUT2D eigenvalue weighted by Crippen LogP contribution is 2.29. The smallest absolute Gasteiger partial charge is 0.134 e. The highest BCUT2D eigenvalue weighted by molar-refractivity contribution is 5.90. The summed E-state index contributed by atoms with van der Waals surface area (Å²) in [4.78, 5) is 0. The maximum absolute atomic E-state index is 13.7. The molecule has 1 N–H and O–H groups in total. The lowest BCUT2D eigenvalue weighted by molar-refractivity contribution is 0.481. The van der Waals surface area contributed by atoms with E-state index in [1.54, 1.807) is 19.1 Å². The maximum Gasteiger partial charge on any atom is 0.134 e. The van der Waals surface area contributed by atoms with Crippen molar-refractivity contribution in [3.8, 4) is 11.8 Å². The van der Waals surface area contributed by atoms with Crippen molar-refractivity contribution in [2.45, 2.75) is 6.92 Å². The highest BCUT2D eigenvalue weighted by atomic mass is 19.1. The molecule has 3 heteroatoms. The Morgan fingerprint density at radius 1 is 1.27 bits per heavy atom. The van der Waals surface area contributed by atoms with Crippen molar-refractivity contribution in [3.05, 3.63) is 41.2 Å². The molecule has 0 radical (unpaired) electrons. The van der Waals surface area contributed by atoms with Gasteiger partial charge >= 0.3 is 0 Å². The molecule has 0 heterocycles. The Morgan fingerprint density at radius 3 is 2.67 bits per heavy atom. The molecule has 0 aliphatic carbocycles. The SMILES string of the molecule is Cc1ccc2c(O)cc(C#N)cc2c1F. The maximum atomic E-state index is 13.7. The fourth-order valence-corrected chi connectivity index (χ4v) is 1.55. The van der Waals surface area contributed by atoms with Gasteiger partial charge < -0.3 is 5.11 Å². The summed E-state index contributed by atoms with van der Waals surface area (Å²) in [6.07, 6.45) is 0. The zero-order valence-electron chi connectivity index (χ0n) is 8.08. The number of nitrogens with zero attached hydrogens (tertiary/aromatic N) is 1. The molecule has 74 valence electrons. The van der Waals surface area contributed by atoms with Gasteiger partial charge in [0.25, 0.3) is 0 Å². The zero-order chi connectivity index (χ0) is 11.0. The number of rotatable bonds is 0. The molecular weight excluding hydrogens is 193 g/mol. The van der Waals surface area contributed by atoms with Crippen molar-refractivity contribution in [3.63, 3.8) is 0 Å². The number of halogens is 1. The molecule has 0 aliphatic rings. The summed E-state index contributed by atoms with van der Waals surface area (Å²) < 4.78 is 13.7. The predicted octanol–water partition coefficient (Wildman–Crippen LogP) is 2.86. The average Bonchev–Trinajstić information content (AvgIpc) is 2.23. The average molecular weight is 201 g/mol. The number of hydrogen-bond acceptors (Lipinski definition) is 2. The van der Waals surface area contributed by atoms with Crippen molar-refractivity contribution in [2.24, 2.45) is 0 Å². The molecular formula is C12H8FNO. The second-order valence-electron chi connectivity index (χ2n) is 3.40. The molecule has 0 aromatic heterocycles. The molecule has 2 aromatic carbocycles. The topological polar surface area (TPSA) is 44.0 Å². The number of fused-ring (bicyclic) bond motifs is 1. The third-order valence-electron chi connectivity index (χ3n) is 2.37. The molecule has 2 nitrogen and oxygen atoms in total. The first-order valence-electron chi connectivity index (χ1n) is 4.45. The van der Waals surface area contributed by atoms with E-state index in [0.29, 0.717) is 10.9 Å². The van der Waals surface area contributed by atoms with Gasteiger partial charge in [-0.25, -0.2) is 4.39 Å². The lowest BCUT2D eigenvalue weighted by Gasteiger charge is -2.05. The van der Waals surface area contributed by atoms with Crippen LogP contribution in [0.4, 0.5) is 4.39 Å². The summed E-state index contributed by atoms with van der Waals surface area (Å²) in [5, 5.41) is 19.0. The zero-order valence-corrected chi connectivity index (χ0v) is 8.08. The van der Waals surface area contributed by atoms with Crippen LogP contribution < -0.4 is 0 Å². The number of phenols is 1. The Labute approximate surface area is 86.2 Å². The molecule has 0 spiro atoms. The van der Waals surface area contributed by atoms with E-state index in [-0.39, 0.29) is 22.5 Å². The van der Waals surface area contributed by atoms with Gasteiger partial charge in [0.1, 0.15) is 11.6 Å². The molecule has 0 bridgehead atoms. The number of phenolic OH excluding ortho intramolecular Hbond substituents is 1. The number of aromatic hydroxyl groups is 1. The summed E-state index contributed by atoms with van der Waals surface area (Å²) in [6, 6.07) is 7.90. The fraction of sp³-hybridized carbons (Fsp3) is 0.0833.